The first kappa shape index (κ1) is 16.2. The first-order valence-electron chi connectivity index (χ1n) is 8.34. The van der Waals surface area contributed by atoms with Crippen molar-refractivity contribution >= 4 is 0 Å². The number of hydrogen-bond donors (Lipinski definition) is 1. The molecule has 2 heterocycles. The Labute approximate surface area is 124 Å². The summed E-state index contributed by atoms with van der Waals surface area (Å²) >= 11 is 0. The summed E-state index contributed by atoms with van der Waals surface area (Å²) in [6.07, 6.45) is 5.27. The van der Waals surface area contributed by atoms with Gasteiger partial charge in [0.15, 0.2) is 0 Å². The van der Waals surface area contributed by atoms with Gasteiger partial charge in [0, 0.05) is 32.3 Å². The standard InChI is InChI=1S/C16H32N2O2/c1-4-8-17-16(13(2)7-10-19-3)15-11-18-9-5-6-14(18)12-20-15/h13-17H,4-12H2,1-3H3. The highest BCUT2D eigenvalue weighted by molar-refractivity contribution is 4.91. The van der Waals surface area contributed by atoms with E-state index in [1.807, 2.05) is 0 Å². The van der Waals surface area contributed by atoms with Gasteiger partial charge in [0.1, 0.15) is 0 Å². The predicted molar refractivity (Wildman–Crippen MR) is 82.1 cm³/mol. The number of ether oxygens (including phenoxy) is 2. The monoisotopic (exact) mass is 284 g/mol. The minimum atomic E-state index is 0.336. The number of methoxy groups -OCH3 is 1. The minimum absolute atomic E-state index is 0.336. The van der Waals surface area contributed by atoms with Crippen molar-refractivity contribution in [1.82, 2.24) is 10.2 Å². The average Bonchev–Trinajstić information content (AvgIpc) is 2.93. The molecule has 1 N–H and O–H groups in total. The Morgan fingerprint density at radius 3 is 3.05 bits per heavy atom. The second-order valence-electron chi connectivity index (χ2n) is 6.40. The van der Waals surface area contributed by atoms with Gasteiger partial charge in [0.05, 0.1) is 12.7 Å². The predicted octanol–water partition coefficient (Wildman–Crippen LogP) is 1.89. The Kier molecular flexibility index (Phi) is 6.75. The van der Waals surface area contributed by atoms with Crippen molar-refractivity contribution in [1.29, 1.82) is 0 Å². The lowest BCUT2D eigenvalue weighted by molar-refractivity contribution is -0.0736. The molecule has 0 aromatic carbocycles. The fraction of sp³-hybridized carbons (Fsp3) is 1.00. The van der Waals surface area contributed by atoms with Crippen molar-refractivity contribution in [2.24, 2.45) is 5.92 Å². The van der Waals surface area contributed by atoms with Crippen LogP contribution in [-0.4, -0.2) is 63.0 Å². The molecule has 0 saturated carbocycles. The third-order valence-corrected chi connectivity index (χ3v) is 4.84. The van der Waals surface area contributed by atoms with Gasteiger partial charge in [-0.2, -0.15) is 0 Å². The van der Waals surface area contributed by atoms with Crippen molar-refractivity contribution in [2.75, 3.05) is 40.0 Å². The van der Waals surface area contributed by atoms with Gasteiger partial charge in [-0.15, -0.1) is 0 Å². The minimum Gasteiger partial charge on any atom is -0.385 e. The molecule has 0 spiro atoms. The molecular weight excluding hydrogens is 252 g/mol. The highest BCUT2D eigenvalue weighted by Gasteiger charge is 2.37. The van der Waals surface area contributed by atoms with Gasteiger partial charge in [0.2, 0.25) is 0 Å². The molecule has 0 amide bonds. The molecule has 2 saturated heterocycles. The van der Waals surface area contributed by atoms with Crippen LogP contribution in [0, 0.1) is 5.92 Å². The molecule has 0 radical (unpaired) electrons. The smallest absolute Gasteiger partial charge is 0.0858 e. The normalized spacial score (nSPS) is 30.1. The molecule has 2 rings (SSSR count). The molecule has 2 fully saturated rings. The number of rotatable bonds is 8. The Bertz CT molecular complexity index is 275. The Balaban J connectivity index is 1.90. The maximum atomic E-state index is 6.21. The van der Waals surface area contributed by atoms with E-state index < -0.39 is 0 Å². The zero-order chi connectivity index (χ0) is 14.4. The van der Waals surface area contributed by atoms with E-state index in [4.69, 9.17) is 9.47 Å². The van der Waals surface area contributed by atoms with Gasteiger partial charge in [-0.3, -0.25) is 4.90 Å². The molecule has 0 aromatic rings. The van der Waals surface area contributed by atoms with Crippen LogP contribution in [0.4, 0.5) is 0 Å². The van der Waals surface area contributed by atoms with Crippen LogP contribution in [0.2, 0.25) is 0 Å². The molecule has 2 aliphatic rings. The molecule has 0 aromatic heterocycles. The number of nitrogens with one attached hydrogen (secondary N) is 1. The van der Waals surface area contributed by atoms with Crippen molar-refractivity contribution in [3.63, 3.8) is 0 Å². The van der Waals surface area contributed by atoms with Crippen molar-refractivity contribution in [3.05, 3.63) is 0 Å². The van der Waals surface area contributed by atoms with Crippen molar-refractivity contribution < 1.29 is 9.47 Å². The van der Waals surface area contributed by atoms with Gasteiger partial charge in [0.25, 0.3) is 0 Å². The van der Waals surface area contributed by atoms with Crippen LogP contribution >= 0.6 is 0 Å². The molecule has 20 heavy (non-hydrogen) atoms. The maximum Gasteiger partial charge on any atom is 0.0858 e. The van der Waals surface area contributed by atoms with Crippen LogP contribution in [0.5, 0.6) is 0 Å². The Morgan fingerprint density at radius 2 is 2.30 bits per heavy atom. The van der Waals surface area contributed by atoms with Crippen LogP contribution in [0.1, 0.15) is 39.5 Å². The van der Waals surface area contributed by atoms with Crippen LogP contribution in [0.25, 0.3) is 0 Å². The molecule has 4 atom stereocenters. The molecule has 0 aliphatic carbocycles. The Morgan fingerprint density at radius 1 is 1.45 bits per heavy atom. The molecule has 4 heteroatoms. The fourth-order valence-corrected chi connectivity index (χ4v) is 3.55. The Hall–Kier alpha value is -0.160. The van der Waals surface area contributed by atoms with E-state index in [-0.39, 0.29) is 0 Å². The summed E-state index contributed by atoms with van der Waals surface area (Å²) in [6, 6.07) is 1.14. The summed E-state index contributed by atoms with van der Waals surface area (Å²) in [6.45, 7) is 9.75. The van der Waals surface area contributed by atoms with E-state index in [1.54, 1.807) is 7.11 Å². The third-order valence-electron chi connectivity index (χ3n) is 4.84. The molecule has 118 valence electrons. The number of morpholine rings is 1. The topological polar surface area (TPSA) is 33.7 Å². The quantitative estimate of drug-likeness (QED) is 0.738. The van der Waals surface area contributed by atoms with Crippen molar-refractivity contribution in [2.45, 2.75) is 57.7 Å². The lowest BCUT2D eigenvalue weighted by Crippen LogP contribution is -2.56. The van der Waals surface area contributed by atoms with Crippen molar-refractivity contribution in [3.8, 4) is 0 Å². The van der Waals surface area contributed by atoms with Gasteiger partial charge in [-0.1, -0.05) is 13.8 Å². The van der Waals surface area contributed by atoms with Crippen LogP contribution in [-0.2, 0) is 9.47 Å². The summed E-state index contributed by atoms with van der Waals surface area (Å²) in [4.78, 5) is 2.64. The summed E-state index contributed by atoms with van der Waals surface area (Å²) in [5, 5.41) is 3.72. The highest BCUT2D eigenvalue weighted by Crippen LogP contribution is 2.26. The number of fused-ring (bicyclic) bond motifs is 1. The van der Waals surface area contributed by atoms with Gasteiger partial charge >= 0.3 is 0 Å². The lowest BCUT2D eigenvalue weighted by Gasteiger charge is -2.41. The zero-order valence-corrected chi connectivity index (χ0v) is 13.4. The van der Waals surface area contributed by atoms with Crippen LogP contribution in [0.3, 0.4) is 0 Å². The van der Waals surface area contributed by atoms with Gasteiger partial charge in [-0.05, 0) is 44.7 Å². The largest absolute Gasteiger partial charge is 0.385 e. The average molecular weight is 284 g/mol. The lowest BCUT2D eigenvalue weighted by atomic mass is 9.92. The van der Waals surface area contributed by atoms with E-state index in [2.05, 4.69) is 24.1 Å². The second-order valence-corrected chi connectivity index (χ2v) is 6.40. The fourth-order valence-electron chi connectivity index (χ4n) is 3.55. The molecule has 2 aliphatic heterocycles. The first-order valence-corrected chi connectivity index (χ1v) is 8.34. The summed E-state index contributed by atoms with van der Waals surface area (Å²) in [5.74, 6) is 0.589. The molecule has 4 nitrogen and oxygen atoms in total. The second kappa shape index (κ2) is 8.32. The summed E-state index contributed by atoms with van der Waals surface area (Å²) < 4.78 is 11.5. The zero-order valence-electron chi connectivity index (χ0n) is 13.4. The van der Waals surface area contributed by atoms with E-state index in [0.29, 0.717) is 24.1 Å². The van der Waals surface area contributed by atoms with E-state index >= 15 is 0 Å². The van der Waals surface area contributed by atoms with E-state index in [9.17, 15) is 0 Å². The van der Waals surface area contributed by atoms with E-state index in [0.717, 1.165) is 32.7 Å². The molecule has 0 bridgehead atoms. The third kappa shape index (κ3) is 4.17. The van der Waals surface area contributed by atoms with Gasteiger partial charge in [-0.25, -0.2) is 0 Å². The first-order chi connectivity index (χ1) is 9.76. The van der Waals surface area contributed by atoms with Crippen LogP contribution < -0.4 is 5.32 Å². The molecule has 4 unspecified atom stereocenters. The number of nitrogens with zero attached hydrogens (tertiary/aromatic N) is 1. The molecular formula is C16H32N2O2. The maximum absolute atomic E-state index is 6.21. The van der Waals surface area contributed by atoms with E-state index in [1.165, 1.54) is 25.8 Å². The summed E-state index contributed by atoms with van der Waals surface area (Å²) in [7, 11) is 1.78. The van der Waals surface area contributed by atoms with Gasteiger partial charge < -0.3 is 14.8 Å². The van der Waals surface area contributed by atoms with Crippen LogP contribution in [0.15, 0.2) is 0 Å². The summed E-state index contributed by atoms with van der Waals surface area (Å²) in [5.41, 5.74) is 0. The SMILES string of the molecule is CCCNC(C(C)CCOC)C1CN2CCCC2CO1. The highest BCUT2D eigenvalue weighted by atomic mass is 16.5. The number of hydrogen-bond acceptors (Lipinski definition) is 4.